The Labute approximate surface area is 157 Å². The van der Waals surface area contributed by atoms with Crippen LogP contribution in [0, 0.1) is 0 Å². The largest absolute Gasteiger partial charge is 0.443 e. The van der Waals surface area contributed by atoms with E-state index in [4.69, 9.17) is 27.6 Å². The molecule has 4 rings (SSSR count). The molecular formula is C18H10Cl2N4O2. The molecule has 0 saturated heterocycles. The molecule has 1 amide bonds. The highest BCUT2D eigenvalue weighted by Crippen LogP contribution is 2.31. The van der Waals surface area contributed by atoms with Crippen LogP contribution in [0.2, 0.25) is 10.0 Å². The lowest BCUT2D eigenvalue weighted by Crippen LogP contribution is -2.13. The van der Waals surface area contributed by atoms with Gasteiger partial charge in [0.25, 0.3) is 5.91 Å². The number of benzene rings is 1. The van der Waals surface area contributed by atoms with Gasteiger partial charge in [-0.3, -0.25) is 9.78 Å². The second kappa shape index (κ2) is 6.74. The summed E-state index contributed by atoms with van der Waals surface area (Å²) in [5.74, 6) is 0.0299. The Balaban J connectivity index is 1.59. The Morgan fingerprint density at radius 2 is 1.92 bits per heavy atom. The van der Waals surface area contributed by atoms with Crippen molar-refractivity contribution < 1.29 is 9.21 Å². The first-order valence-corrected chi connectivity index (χ1v) is 8.27. The maximum Gasteiger partial charge on any atom is 0.258 e. The number of halogens is 2. The van der Waals surface area contributed by atoms with Crippen molar-refractivity contribution in [1.29, 1.82) is 0 Å². The molecule has 0 aliphatic carbocycles. The highest BCUT2D eigenvalue weighted by Gasteiger charge is 2.12. The van der Waals surface area contributed by atoms with E-state index in [1.165, 1.54) is 18.8 Å². The Morgan fingerprint density at radius 3 is 2.69 bits per heavy atom. The highest BCUT2D eigenvalue weighted by molar-refractivity contribution is 6.34. The van der Waals surface area contributed by atoms with Crippen LogP contribution in [0.15, 0.2) is 59.7 Å². The fraction of sp³-hybridized carbons (Fsp3) is 0. The van der Waals surface area contributed by atoms with Gasteiger partial charge in [-0.05, 0) is 30.3 Å². The van der Waals surface area contributed by atoms with Crippen LogP contribution in [-0.2, 0) is 0 Å². The first-order chi connectivity index (χ1) is 12.6. The fourth-order valence-electron chi connectivity index (χ4n) is 2.47. The molecule has 3 aromatic heterocycles. The average molecular weight is 385 g/mol. The molecule has 0 atom stereocenters. The molecule has 1 aromatic carbocycles. The molecule has 0 spiro atoms. The van der Waals surface area contributed by atoms with Gasteiger partial charge in [0.15, 0.2) is 12.0 Å². The first kappa shape index (κ1) is 16.5. The van der Waals surface area contributed by atoms with E-state index in [9.17, 15) is 4.79 Å². The van der Waals surface area contributed by atoms with E-state index in [2.05, 4.69) is 20.3 Å². The number of nitrogens with zero attached hydrogens (tertiary/aromatic N) is 3. The first-order valence-electron chi connectivity index (χ1n) is 7.52. The van der Waals surface area contributed by atoms with Crippen molar-refractivity contribution in [3.05, 3.63) is 70.9 Å². The Hall–Kier alpha value is -2.96. The maximum atomic E-state index is 12.3. The third-order valence-corrected chi connectivity index (χ3v) is 4.37. The van der Waals surface area contributed by atoms with E-state index in [0.717, 1.165) is 11.1 Å². The van der Waals surface area contributed by atoms with Gasteiger partial charge in [-0.2, -0.15) is 0 Å². The number of hydrogen-bond acceptors (Lipinski definition) is 5. The summed E-state index contributed by atoms with van der Waals surface area (Å²) >= 11 is 12.3. The summed E-state index contributed by atoms with van der Waals surface area (Å²) in [6.07, 6.45) is 5.90. The third kappa shape index (κ3) is 3.12. The van der Waals surface area contributed by atoms with Gasteiger partial charge in [-0.25, -0.2) is 9.97 Å². The van der Waals surface area contributed by atoms with Gasteiger partial charge in [0.05, 0.1) is 15.6 Å². The highest BCUT2D eigenvalue weighted by atomic mass is 35.5. The molecule has 3 heterocycles. The number of aromatic nitrogens is 3. The monoisotopic (exact) mass is 384 g/mol. The van der Waals surface area contributed by atoms with E-state index in [1.807, 2.05) is 0 Å². The molecule has 0 bridgehead atoms. The minimum absolute atomic E-state index is 0.272. The van der Waals surface area contributed by atoms with Crippen LogP contribution < -0.4 is 5.32 Å². The molecule has 8 heteroatoms. The number of nitrogens with one attached hydrogen (secondary N) is 1. The van der Waals surface area contributed by atoms with Crippen molar-refractivity contribution in [2.75, 3.05) is 5.32 Å². The van der Waals surface area contributed by atoms with Crippen molar-refractivity contribution in [1.82, 2.24) is 15.0 Å². The van der Waals surface area contributed by atoms with Gasteiger partial charge in [0.1, 0.15) is 11.3 Å². The van der Waals surface area contributed by atoms with E-state index in [0.29, 0.717) is 27.5 Å². The van der Waals surface area contributed by atoms with Crippen molar-refractivity contribution in [2.45, 2.75) is 0 Å². The SMILES string of the molecule is O=C(Nc1ccc(-c2cc3ocnc3cc2Cl)cn1)c1ccncc1Cl. The minimum Gasteiger partial charge on any atom is -0.443 e. The molecule has 26 heavy (non-hydrogen) atoms. The van der Waals surface area contributed by atoms with Crippen LogP contribution in [0.4, 0.5) is 5.82 Å². The molecule has 6 nitrogen and oxygen atoms in total. The van der Waals surface area contributed by atoms with Crippen LogP contribution in [-0.4, -0.2) is 20.9 Å². The van der Waals surface area contributed by atoms with Gasteiger partial charge in [0, 0.05) is 29.7 Å². The molecule has 128 valence electrons. The Morgan fingerprint density at radius 1 is 1.04 bits per heavy atom. The molecule has 0 aliphatic rings. The van der Waals surface area contributed by atoms with Crippen molar-refractivity contribution >= 4 is 46.0 Å². The van der Waals surface area contributed by atoms with E-state index < -0.39 is 0 Å². The van der Waals surface area contributed by atoms with Crippen molar-refractivity contribution in [2.24, 2.45) is 0 Å². The van der Waals surface area contributed by atoms with Gasteiger partial charge < -0.3 is 9.73 Å². The summed E-state index contributed by atoms with van der Waals surface area (Å²) in [5.41, 5.74) is 3.19. The molecule has 0 saturated carbocycles. The molecule has 1 N–H and O–H groups in total. The normalized spacial score (nSPS) is 10.8. The van der Waals surface area contributed by atoms with Gasteiger partial charge in [-0.1, -0.05) is 23.2 Å². The fourth-order valence-corrected chi connectivity index (χ4v) is 2.94. The topological polar surface area (TPSA) is 80.9 Å². The standard InChI is InChI=1S/C18H10Cl2N4O2/c19-13-6-15-16(26-9-23-15)5-12(13)10-1-2-17(22-7-10)24-18(25)11-3-4-21-8-14(11)20/h1-9H,(H,22,24,25). The minimum atomic E-state index is -0.362. The lowest BCUT2D eigenvalue weighted by Gasteiger charge is -2.08. The summed E-state index contributed by atoms with van der Waals surface area (Å²) in [7, 11) is 0. The number of fused-ring (bicyclic) bond motifs is 1. The molecule has 0 radical (unpaired) electrons. The van der Waals surface area contributed by atoms with Crippen molar-refractivity contribution in [3.63, 3.8) is 0 Å². The summed E-state index contributed by atoms with van der Waals surface area (Å²) < 4.78 is 5.31. The lowest BCUT2D eigenvalue weighted by atomic mass is 10.1. The Bertz CT molecular complexity index is 1110. The van der Waals surface area contributed by atoms with E-state index in [-0.39, 0.29) is 10.9 Å². The number of oxazole rings is 1. The molecule has 4 aromatic rings. The van der Waals surface area contributed by atoms with Gasteiger partial charge >= 0.3 is 0 Å². The molecular weight excluding hydrogens is 375 g/mol. The number of pyridine rings is 2. The number of hydrogen-bond donors (Lipinski definition) is 1. The number of rotatable bonds is 3. The number of carbonyl (C=O) groups excluding carboxylic acids is 1. The van der Waals surface area contributed by atoms with Gasteiger partial charge in [-0.15, -0.1) is 0 Å². The third-order valence-electron chi connectivity index (χ3n) is 3.75. The number of anilines is 1. The van der Waals surface area contributed by atoms with Gasteiger partial charge in [0.2, 0.25) is 0 Å². The number of carbonyl (C=O) groups is 1. The van der Waals surface area contributed by atoms with Crippen LogP contribution in [0.25, 0.3) is 22.2 Å². The number of amides is 1. The predicted molar refractivity (Wildman–Crippen MR) is 99.5 cm³/mol. The zero-order chi connectivity index (χ0) is 18.1. The zero-order valence-electron chi connectivity index (χ0n) is 13.1. The molecule has 0 aliphatic heterocycles. The Kier molecular flexibility index (Phi) is 4.28. The van der Waals surface area contributed by atoms with Crippen LogP contribution in [0.1, 0.15) is 10.4 Å². The van der Waals surface area contributed by atoms with Crippen LogP contribution in [0.3, 0.4) is 0 Å². The maximum absolute atomic E-state index is 12.3. The molecule has 0 fully saturated rings. The van der Waals surface area contributed by atoms with E-state index in [1.54, 1.807) is 36.5 Å². The quantitative estimate of drug-likeness (QED) is 0.546. The molecule has 0 unspecified atom stereocenters. The zero-order valence-corrected chi connectivity index (χ0v) is 14.6. The van der Waals surface area contributed by atoms with E-state index >= 15 is 0 Å². The predicted octanol–water partition coefficient (Wildman–Crippen LogP) is 4.84. The summed E-state index contributed by atoms with van der Waals surface area (Å²) in [6, 6.07) is 8.56. The smallest absolute Gasteiger partial charge is 0.258 e. The summed E-state index contributed by atoms with van der Waals surface area (Å²) in [6.45, 7) is 0. The second-order valence-electron chi connectivity index (χ2n) is 5.39. The average Bonchev–Trinajstić information content (AvgIpc) is 3.09. The lowest BCUT2D eigenvalue weighted by molar-refractivity contribution is 0.102. The summed E-state index contributed by atoms with van der Waals surface area (Å²) in [4.78, 5) is 24.4. The van der Waals surface area contributed by atoms with Crippen LogP contribution >= 0.6 is 23.2 Å². The van der Waals surface area contributed by atoms with Crippen LogP contribution in [0.5, 0.6) is 0 Å². The summed E-state index contributed by atoms with van der Waals surface area (Å²) in [5, 5.41) is 3.50. The second-order valence-corrected chi connectivity index (χ2v) is 6.21. The van der Waals surface area contributed by atoms with Crippen molar-refractivity contribution in [3.8, 4) is 11.1 Å².